The van der Waals surface area contributed by atoms with E-state index in [4.69, 9.17) is 0 Å². The van der Waals surface area contributed by atoms with Crippen LogP contribution in [0.1, 0.15) is 46.5 Å². The molecular weight excluding hydrogens is 325 g/mol. The molecule has 0 bridgehead atoms. The Kier molecular flexibility index (Phi) is 9.97. The normalized spacial score (nSPS) is 23.5. The van der Waals surface area contributed by atoms with E-state index >= 15 is 0 Å². The van der Waals surface area contributed by atoms with Gasteiger partial charge >= 0.3 is 0 Å². The van der Waals surface area contributed by atoms with Gasteiger partial charge in [0, 0.05) is 19.6 Å². The number of rotatable bonds is 4. The summed E-state index contributed by atoms with van der Waals surface area (Å²) in [7, 11) is 0. The molecule has 1 rings (SSSR count). The Morgan fingerprint density at radius 3 is 2.35 bits per heavy atom. The molecule has 1 aliphatic rings. The summed E-state index contributed by atoms with van der Waals surface area (Å²) in [5, 5.41) is 6.55. The van der Waals surface area contributed by atoms with Crippen molar-refractivity contribution in [3.05, 3.63) is 0 Å². The van der Waals surface area contributed by atoms with Crippen molar-refractivity contribution in [2.24, 2.45) is 16.8 Å². The van der Waals surface area contributed by atoms with Crippen molar-refractivity contribution in [1.82, 2.24) is 10.6 Å². The summed E-state index contributed by atoms with van der Waals surface area (Å²) in [6.45, 7) is 9.44. The molecule has 2 N–H and O–H groups in total. The predicted octanol–water partition coefficient (Wildman–Crippen LogP) is 3.01. The van der Waals surface area contributed by atoms with Crippen molar-refractivity contribution in [2.45, 2.75) is 46.5 Å². The van der Waals surface area contributed by atoms with E-state index in [9.17, 15) is 0 Å². The third-order valence-electron chi connectivity index (χ3n) is 3.24. The highest BCUT2D eigenvalue weighted by Crippen LogP contribution is 2.28. The Balaban J connectivity index is 0.00000256. The number of nitrogens with one attached hydrogen (secondary N) is 2. The summed E-state index contributed by atoms with van der Waals surface area (Å²) >= 11 is 0. The van der Waals surface area contributed by atoms with Crippen LogP contribution in [0.25, 0.3) is 0 Å². The number of guanidine groups is 1. The number of hydrogen-bond acceptors (Lipinski definition) is 1. The van der Waals surface area contributed by atoms with Crippen LogP contribution >= 0.6 is 24.0 Å². The highest BCUT2D eigenvalue weighted by Gasteiger charge is 2.18. The van der Waals surface area contributed by atoms with Crippen LogP contribution in [0.4, 0.5) is 0 Å². The van der Waals surface area contributed by atoms with E-state index in [1.165, 1.54) is 25.7 Å². The van der Waals surface area contributed by atoms with Gasteiger partial charge in [0.2, 0.25) is 0 Å². The maximum atomic E-state index is 4.66. The number of hydrogen-bond donors (Lipinski definition) is 2. The minimum absolute atomic E-state index is 0. The van der Waals surface area contributed by atoms with Gasteiger partial charge in [-0.1, -0.05) is 19.8 Å². The molecule has 0 aromatic heterocycles. The SMILES string of the molecule is CCNC(=NCC1CCCC(C)C1)NCC.I. The lowest BCUT2D eigenvalue weighted by atomic mass is 9.82. The van der Waals surface area contributed by atoms with Gasteiger partial charge in [-0.15, -0.1) is 24.0 Å². The molecule has 0 radical (unpaired) electrons. The molecule has 0 heterocycles. The predicted molar refractivity (Wildman–Crippen MR) is 86.2 cm³/mol. The Labute approximate surface area is 123 Å². The third kappa shape index (κ3) is 7.11. The van der Waals surface area contributed by atoms with Crippen molar-refractivity contribution in [2.75, 3.05) is 19.6 Å². The molecule has 102 valence electrons. The zero-order valence-corrected chi connectivity index (χ0v) is 13.8. The topological polar surface area (TPSA) is 36.4 Å². The second-order valence-electron chi connectivity index (χ2n) is 4.89. The molecule has 0 aliphatic heterocycles. The minimum atomic E-state index is 0. The Hall–Kier alpha value is 0. The van der Waals surface area contributed by atoms with E-state index in [0.29, 0.717) is 0 Å². The third-order valence-corrected chi connectivity index (χ3v) is 3.24. The second kappa shape index (κ2) is 9.97. The molecule has 2 atom stereocenters. The van der Waals surface area contributed by atoms with E-state index in [0.717, 1.165) is 37.4 Å². The van der Waals surface area contributed by atoms with Gasteiger partial charge in [0.25, 0.3) is 0 Å². The van der Waals surface area contributed by atoms with Gasteiger partial charge in [-0.2, -0.15) is 0 Å². The highest BCUT2D eigenvalue weighted by atomic mass is 127. The van der Waals surface area contributed by atoms with Crippen LogP contribution in [-0.4, -0.2) is 25.6 Å². The van der Waals surface area contributed by atoms with Gasteiger partial charge in [0.15, 0.2) is 5.96 Å². The summed E-state index contributed by atoms with van der Waals surface area (Å²) in [5.41, 5.74) is 0. The largest absolute Gasteiger partial charge is 0.357 e. The molecular formula is C13H28IN3. The van der Waals surface area contributed by atoms with Gasteiger partial charge < -0.3 is 10.6 Å². The lowest BCUT2D eigenvalue weighted by molar-refractivity contribution is 0.289. The molecule has 4 heteroatoms. The Morgan fingerprint density at radius 1 is 1.18 bits per heavy atom. The first-order valence-electron chi connectivity index (χ1n) is 6.78. The molecule has 0 spiro atoms. The summed E-state index contributed by atoms with van der Waals surface area (Å²) in [5.74, 6) is 2.68. The quantitative estimate of drug-likeness (QED) is 0.463. The summed E-state index contributed by atoms with van der Waals surface area (Å²) in [6, 6.07) is 0. The van der Waals surface area contributed by atoms with Gasteiger partial charge in [-0.25, -0.2) is 0 Å². The van der Waals surface area contributed by atoms with Crippen molar-refractivity contribution in [3.63, 3.8) is 0 Å². The van der Waals surface area contributed by atoms with Crippen LogP contribution in [0.5, 0.6) is 0 Å². The summed E-state index contributed by atoms with van der Waals surface area (Å²) < 4.78 is 0. The smallest absolute Gasteiger partial charge is 0.191 e. The number of halogens is 1. The number of aliphatic imine (C=N–C) groups is 1. The average molecular weight is 353 g/mol. The fraction of sp³-hybridized carbons (Fsp3) is 0.923. The first-order valence-corrected chi connectivity index (χ1v) is 6.78. The molecule has 2 unspecified atom stereocenters. The van der Waals surface area contributed by atoms with Gasteiger partial charge in [0.05, 0.1) is 0 Å². The van der Waals surface area contributed by atoms with E-state index in [1.54, 1.807) is 0 Å². The summed E-state index contributed by atoms with van der Waals surface area (Å²) in [6.07, 6.45) is 5.51. The van der Waals surface area contributed by atoms with Gasteiger partial charge in [-0.05, 0) is 38.5 Å². The van der Waals surface area contributed by atoms with Gasteiger partial charge in [-0.3, -0.25) is 4.99 Å². The maximum Gasteiger partial charge on any atom is 0.191 e. The first kappa shape index (κ1) is 17.0. The zero-order chi connectivity index (χ0) is 11.8. The standard InChI is InChI=1S/C13H27N3.HI/c1-4-14-13(15-5-2)16-10-12-8-6-7-11(3)9-12;/h11-12H,4-10H2,1-3H3,(H2,14,15,16);1H. The van der Waals surface area contributed by atoms with Crippen molar-refractivity contribution >= 4 is 29.9 Å². The second-order valence-corrected chi connectivity index (χ2v) is 4.89. The molecule has 0 aromatic carbocycles. The fourth-order valence-electron chi connectivity index (χ4n) is 2.46. The molecule has 3 nitrogen and oxygen atoms in total. The fourth-order valence-corrected chi connectivity index (χ4v) is 2.46. The zero-order valence-electron chi connectivity index (χ0n) is 11.5. The minimum Gasteiger partial charge on any atom is -0.357 e. The van der Waals surface area contributed by atoms with Crippen LogP contribution < -0.4 is 10.6 Å². The van der Waals surface area contributed by atoms with E-state index in [-0.39, 0.29) is 24.0 Å². The van der Waals surface area contributed by atoms with Crippen molar-refractivity contribution in [3.8, 4) is 0 Å². The Morgan fingerprint density at radius 2 is 1.82 bits per heavy atom. The molecule has 0 amide bonds. The molecule has 0 aromatic rings. The van der Waals surface area contributed by atoms with Crippen molar-refractivity contribution in [1.29, 1.82) is 0 Å². The van der Waals surface area contributed by atoms with Crippen LogP contribution in [0.2, 0.25) is 0 Å². The molecule has 1 aliphatic carbocycles. The van der Waals surface area contributed by atoms with E-state index in [1.807, 2.05) is 0 Å². The van der Waals surface area contributed by atoms with Crippen LogP contribution in [0.15, 0.2) is 4.99 Å². The Bertz CT molecular complexity index is 211. The first-order chi connectivity index (χ1) is 7.76. The van der Waals surface area contributed by atoms with Crippen molar-refractivity contribution < 1.29 is 0 Å². The number of nitrogens with zero attached hydrogens (tertiary/aromatic N) is 1. The van der Waals surface area contributed by atoms with Crippen LogP contribution in [-0.2, 0) is 0 Å². The lowest BCUT2D eigenvalue weighted by Gasteiger charge is -2.25. The lowest BCUT2D eigenvalue weighted by Crippen LogP contribution is -2.37. The van der Waals surface area contributed by atoms with Crippen LogP contribution in [0, 0.1) is 11.8 Å². The molecule has 1 saturated carbocycles. The molecule has 0 saturated heterocycles. The highest BCUT2D eigenvalue weighted by molar-refractivity contribution is 14.0. The maximum absolute atomic E-state index is 4.66. The average Bonchev–Trinajstić information content (AvgIpc) is 2.27. The van der Waals surface area contributed by atoms with E-state index < -0.39 is 0 Å². The van der Waals surface area contributed by atoms with Crippen LogP contribution in [0.3, 0.4) is 0 Å². The molecule has 17 heavy (non-hydrogen) atoms. The summed E-state index contributed by atoms with van der Waals surface area (Å²) in [4.78, 5) is 4.66. The van der Waals surface area contributed by atoms with Gasteiger partial charge in [0.1, 0.15) is 0 Å². The monoisotopic (exact) mass is 353 g/mol. The molecule has 1 fully saturated rings. The van der Waals surface area contributed by atoms with E-state index in [2.05, 4.69) is 36.4 Å².